The minimum Gasteiger partial charge on any atom is -0.493 e. The molecule has 0 N–H and O–H groups in total. The maximum Gasteiger partial charge on any atom is 0.167 e. The van der Waals surface area contributed by atoms with Crippen LogP contribution in [0.1, 0.15) is 46.7 Å². The summed E-state index contributed by atoms with van der Waals surface area (Å²) in [5, 5.41) is 0. The van der Waals surface area contributed by atoms with Crippen LogP contribution in [0.4, 0.5) is 0 Å². The summed E-state index contributed by atoms with van der Waals surface area (Å²) in [7, 11) is 3.25. The van der Waals surface area contributed by atoms with Gasteiger partial charge < -0.3 is 14.4 Å². The molecule has 0 saturated carbocycles. The summed E-state index contributed by atoms with van der Waals surface area (Å²) in [6, 6.07) is 14.6. The molecular weight excluding hydrogens is 350 g/mol. The molecule has 4 nitrogen and oxygen atoms in total. The molecule has 0 spiro atoms. The van der Waals surface area contributed by atoms with Crippen LogP contribution in [0, 0.1) is 5.92 Å². The summed E-state index contributed by atoms with van der Waals surface area (Å²) >= 11 is 0. The minimum atomic E-state index is 0.0823. The molecule has 1 atom stereocenters. The zero-order chi connectivity index (χ0) is 19.5. The first-order valence-corrected chi connectivity index (χ1v) is 10.3. The number of Topliss-reactive ketones (excluding diaryl/α,β-unsaturated/α-hetero) is 1. The van der Waals surface area contributed by atoms with Gasteiger partial charge in [-0.25, -0.2) is 0 Å². The van der Waals surface area contributed by atoms with Crippen LogP contribution in [0.5, 0.6) is 11.5 Å². The Morgan fingerprint density at radius 3 is 2.32 bits per heavy atom. The second-order valence-electron chi connectivity index (χ2n) is 7.95. The number of aryl methyl sites for hydroxylation is 1. The average Bonchev–Trinajstić information content (AvgIpc) is 2.76. The first kappa shape index (κ1) is 19.0. The Morgan fingerprint density at radius 1 is 0.964 bits per heavy atom. The number of nitrogens with zero attached hydrogens (tertiary/aromatic N) is 1. The number of hydrogen-bond donors (Lipinski definition) is 0. The van der Waals surface area contributed by atoms with E-state index < -0.39 is 0 Å². The number of fused-ring (bicyclic) bond motifs is 1. The molecule has 0 aromatic heterocycles. The fraction of sp³-hybridized carbons (Fsp3) is 0.458. The normalized spacial score (nSPS) is 20.6. The van der Waals surface area contributed by atoms with E-state index in [-0.39, 0.29) is 11.7 Å². The van der Waals surface area contributed by atoms with Crippen LogP contribution in [0.25, 0.3) is 0 Å². The second kappa shape index (κ2) is 8.36. The lowest BCUT2D eigenvalue weighted by Gasteiger charge is -2.35. The van der Waals surface area contributed by atoms with Crippen LogP contribution in [0.2, 0.25) is 0 Å². The fourth-order valence-corrected chi connectivity index (χ4v) is 4.70. The van der Waals surface area contributed by atoms with E-state index in [0.717, 1.165) is 43.6 Å². The van der Waals surface area contributed by atoms with E-state index in [1.165, 1.54) is 18.4 Å². The summed E-state index contributed by atoms with van der Waals surface area (Å²) in [4.78, 5) is 15.6. The van der Waals surface area contributed by atoms with Crippen LogP contribution in [-0.2, 0) is 6.42 Å². The van der Waals surface area contributed by atoms with Crippen LogP contribution < -0.4 is 9.47 Å². The van der Waals surface area contributed by atoms with Gasteiger partial charge in [-0.1, -0.05) is 30.3 Å². The van der Waals surface area contributed by atoms with Crippen LogP contribution in [-0.4, -0.2) is 44.5 Å². The Hall–Kier alpha value is -2.33. The van der Waals surface area contributed by atoms with Crippen molar-refractivity contribution in [2.24, 2.45) is 5.92 Å². The van der Waals surface area contributed by atoms with Gasteiger partial charge in [0.1, 0.15) is 0 Å². The molecule has 1 heterocycles. The molecule has 28 heavy (non-hydrogen) atoms. The quantitative estimate of drug-likeness (QED) is 0.775. The predicted octanol–water partition coefficient (Wildman–Crippen LogP) is 4.33. The fourth-order valence-electron chi connectivity index (χ4n) is 4.70. The lowest BCUT2D eigenvalue weighted by atomic mass is 9.81. The third-order valence-electron chi connectivity index (χ3n) is 6.34. The van der Waals surface area contributed by atoms with Crippen LogP contribution >= 0.6 is 0 Å². The Labute approximate surface area is 167 Å². The standard InChI is InChI=1S/C24H29NO3/c1-27-22-14-19-8-9-20(24(26)21(19)15-23(22)28-2)16-25-12-10-18(11-13-25)17-6-4-3-5-7-17/h3-7,14-15,18,20H,8-13,16H2,1-2H3. The SMILES string of the molecule is COc1cc2c(cc1OC)C(=O)C(CN1CCC(c3ccccc3)CC1)CC2. The number of ketones is 1. The Balaban J connectivity index is 1.40. The average molecular weight is 380 g/mol. The molecule has 0 amide bonds. The van der Waals surface area contributed by atoms with Crippen molar-refractivity contribution in [1.29, 1.82) is 0 Å². The Morgan fingerprint density at radius 2 is 1.64 bits per heavy atom. The van der Waals surface area contributed by atoms with Gasteiger partial charge in [0.15, 0.2) is 17.3 Å². The van der Waals surface area contributed by atoms with Gasteiger partial charge in [-0.15, -0.1) is 0 Å². The molecule has 4 heteroatoms. The lowest BCUT2D eigenvalue weighted by Crippen LogP contribution is -2.40. The van der Waals surface area contributed by atoms with Gasteiger partial charge in [0.2, 0.25) is 0 Å². The number of likely N-dealkylation sites (tertiary alicyclic amines) is 1. The van der Waals surface area contributed by atoms with Gasteiger partial charge in [-0.3, -0.25) is 4.79 Å². The number of carbonyl (C=O) groups is 1. The van der Waals surface area contributed by atoms with E-state index in [0.29, 0.717) is 17.4 Å². The van der Waals surface area contributed by atoms with Crippen molar-refractivity contribution in [3.05, 3.63) is 59.2 Å². The molecule has 1 unspecified atom stereocenters. The van der Waals surface area contributed by atoms with E-state index in [4.69, 9.17) is 9.47 Å². The summed E-state index contributed by atoms with van der Waals surface area (Å²) in [6.45, 7) is 3.01. The Kier molecular flexibility index (Phi) is 5.67. The maximum atomic E-state index is 13.1. The monoisotopic (exact) mass is 379 g/mol. The van der Waals surface area contributed by atoms with Crippen LogP contribution in [0.15, 0.2) is 42.5 Å². The summed E-state index contributed by atoms with van der Waals surface area (Å²) < 4.78 is 10.8. The number of methoxy groups -OCH3 is 2. The van der Waals surface area contributed by atoms with E-state index in [9.17, 15) is 4.79 Å². The summed E-state index contributed by atoms with van der Waals surface area (Å²) in [5.74, 6) is 2.33. The smallest absolute Gasteiger partial charge is 0.167 e. The highest BCUT2D eigenvalue weighted by molar-refractivity contribution is 6.01. The lowest BCUT2D eigenvalue weighted by molar-refractivity contribution is 0.0840. The zero-order valence-electron chi connectivity index (χ0n) is 16.8. The first-order valence-electron chi connectivity index (χ1n) is 10.3. The van der Waals surface area contributed by atoms with Gasteiger partial charge in [0, 0.05) is 18.0 Å². The van der Waals surface area contributed by atoms with Gasteiger partial charge in [0.25, 0.3) is 0 Å². The topological polar surface area (TPSA) is 38.8 Å². The third kappa shape index (κ3) is 3.79. The van der Waals surface area contributed by atoms with Crippen molar-refractivity contribution >= 4 is 5.78 Å². The third-order valence-corrected chi connectivity index (χ3v) is 6.34. The molecule has 2 aromatic carbocycles. The molecule has 1 aliphatic carbocycles. The van der Waals surface area contributed by atoms with Crippen LogP contribution in [0.3, 0.4) is 0 Å². The molecule has 148 valence electrons. The zero-order valence-corrected chi connectivity index (χ0v) is 16.8. The number of rotatable bonds is 5. The number of carbonyl (C=O) groups excluding carboxylic acids is 1. The van der Waals surface area contributed by atoms with Crippen molar-refractivity contribution in [2.45, 2.75) is 31.6 Å². The minimum absolute atomic E-state index is 0.0823. The number of hydrogen-bond acceptors (Lipinski definition) is 4. The van der Waals surface area contributed by atoms with Gasteiger partial charge >= 0.3 is 0 Å². The van der Waals surface area contributed by atoms with E-state index in [1.54, 1.807) is 14.2 Å². The Bertz CT molecular complexity index is 825. The molecule has 2 aliphatic rings. The van der Waals surface area contributed by atoms with Crippen molar-refractivity contribution in [3.8, 4) is 11.5 Å². The van der Waals surface area contributed by atoms with Crippen molar-refractivity contribution in [1.82, 2.24) is 4.90 Å². The van der Waals surface area contributed by atoms with Gasteiger partial charge in [0.05, 0.1) is 14.2 Å². The number of piperidine rings is 1. The molecule has 1 fully saturated rings. The molecule has 0 radical (unpaired) electrons. The maximum absolute atomic E-state index is 13.1. The molecule has 1 aliphatic heterocycles. The first-order chi connectivity index (χ1) is 13.7. The largest absolute Gasteiger partial charge is 0.493 e. The van der Waals surface area contributed by atoms with Crippen molar-refractivity contribution < 1.29 is 14.3 Å². The summed E-state index contributed by atoms with van der Waals surface area (Å²) in [6.07, 6.45) is 4.19. The second-order valence-corrected chi connectivity index (χ2v) is 7.95. The number of benzene rings is 2. The molecular formula is C24H29NO3. The number of ether oxygens (including phenoxy) is 2. The van der Waals surface area contributed by atoms with Gasteiger partial charge in [-0.2, -0.15) is 0 Å². The molecule has 4 rings (SSSR count). The highest BCUT2D eigenvalue weighted by Crippen LogP contribution is 2.36. The van der Waals surface area contributed by atoms with E-state index in [1.807, 2.05) is 12.1 Å². The van der Waals surface area contributed by atoms with Crippen molar-refractivity contribution in [3.63, 3.8) is 0 Å². The van der Waals surface area contributed by atoms with Gasteiger partial charge in [-0.05, 0) is 68.0 Å². The van der Waals surface area contributed by atoms with E-state index in [2.05, 4.69) is 35.2 Å². The van der Waals surface area contributed by atoms with Crippen molar-refractivity contribution in [2.75, 3.05) is 33.9 Å². The summed E-state index contributed by atoms with van der Waals surface area (Å²) in [5.41, 5.74) is 3.35. The molecule has 1 saturated heterocycles. The highest BCUT2D eigenvalue weighted by atomic mass is 16.5. The molecule has 2 aromatic rings. The predicted molar refractivity (Wildman–Crippen MR) is 111 cm³/mol. The highest BCUT2D eigenvalue weighted by Gasteiger charge is 2.31. The molecule has 0 bridgehead atoms. The van der Waals surface area contributed by atoms with E-state index >= 15 is 0 Å².